The van der Waals surface area contributed by atoms with Gasteiger partial charge in [0.2, 0.25) is 0 Å². The lowest BCUT2D eigenvalue weighted by Crippen LogP contribution is -2.21. The summed E-state index contributed by atoms with van der Waals surface area (Å²) in [6.45, 7) is 1.76. The van der Waals surface area contributed by atoms with Crippen molar-refractivity contribution in [2.24, 2.45) is 4.99 Å². The third kappa shape index (κ3) is 4.02. The molecule has 2 aromatic rings. The molecule has 0 amide bonds. The van der Waals surface area contributed by atoms with Crippen LogP contribution in [0.5, 0.6) is 0 Å². The molecule has 0 fully saturated rings. The number of nitrogens with zero attached hydrogens (tertiary/aromatic N) is 1. The van der Waals surface area contributed by atoms with Gasteiger partial charge in [-0.05, 0) is 29.7 Å². The van der Waals surface area contributed by atoms with Crippen LogP contribution in [-0.2, 0) is 6.42 Å². The third-order valence-corrected chi connectivity index (χ3v) is 4.88. The number of aliphatic imine (C=N–C) groups is 1. The first kappa shape index (κ1) is 14.5. The Bertz CT molecular complexity index is 610. The highest BCUT2D eigenvalue weighted by Gasteiger charge is 2.20. The first-order valence-electron chi connectivity index (χ1n) is 7.05. The van der Waals surface area contributed by atoms with Crippen LogP contribution in [0, 0.1) is 0 Å². The van der Waals surface area contributed by atoms with Gasteiger partial charge in [0.1, 0.15) is 0 Å². The van der Waals surface area contributed by atoms with Crippen molar-refractivity contribution in [3.63, 3.8) is 0 Å². The first-order valence-corrected chi connectivity index (χ1v) is 8.31. The van der Waals surface area contributed by atoms with Gasteiger partial charge in [0.05, 0.1) is 11.8 Å². The van der Waals surface area contributed by atoms with Gasteiger partial charge in [-0.15, -0.1) is 0 Å². The molecule has 0 saturated carbocycles. The molecule has 1 unspecified atom stereocenters. The van der Waals surface area contributed by atoms with E-state index in [1.807, 2.05) is 23.9 Å². The zero-order chi connectivity index (χ0) is 14.5. The molecule has 1 heterocycles. The lowest BCUT2D eigenvalue weighted by molar-refractivity contribution is 0.869. The molecule has 0 saturated heterocycles. The van der Waals surface area contributed by atoms with Gasteiger partial charge in [-0.25, -0.2) is 0 Å². The molecule has 0 aliphatic carbocycles. The number of hydrogen-bond donors (Lipinski definition) is 1. The number of halogens is 1. The quantitative estimate of drug-likeness (QED) is 0.908. The predicted octanol–water partition coefficient (Wildman–Crippen LogP) is 4.32. The molecule has 1 atom stereocenters. The largest absolute Gasteiger partial charge is 0.365 e. The zero-order valence-corrected chi connectivity index (χ0v) is 13.2. The smallest absolute Gasteiger partial charge is 0.157 e. The molecule has 1 N–H and O–H groups in total. The van der Waals surface area contributed by atoms with Gasteiger partial charge in [0, 0.05) is 11.6 Å². The van der Waals surface area contributed by atoms with Crippen molar-refractivity contribution >= 4 is 28.5 Å². The van der Waals surface area contributed by atoms with E-state index in [1.54, 1.807) is 0 Å². The van der Waals surface area contributed by atoms with E-state index in [9.17, 15) is 0 Å². The Morgan fingerprint density at radius 2 is 1.86 bits per heavy atom. The van der Waals surface area contributed by atoms with E-state index in [4.69, 9.17) is 11.6 Å². The van der Waals surface area contributed by atoms with Crippen LogP contribution in [0.4, 0.5) is 0 Å². The van der Waals surface area contributed by atoms with Gasteiger partial charge in [0.25, 0.3) is 0 Å². The van der Waals surface area contributed by atoms with Gasteiger partial charge < -0.3 is 5.32 Å². The zero-order valence-electron chi connectivity index (χ0n) is 11.6. The van der Waals surface area contributed by atoms with E-state index < -0.39 is 0 Å². The van der Waals surface area contributed by atoms with E-state index in [0.29, 0.717) is 5.25 Å². The molecule has 1 aliphatic heterocycles. The molecule has 0 radical (unpaired) electrons. The summed E-state index contributed by atoms with van der Waals surface area (Å²) in [5.74, 6) is 0. The number of nitrogens with one attached hydrogen (secondary N) is 1. The van der Waals surface area contributed by atoms with Crippen LogP contribution in [-0.4, -0.2) is 18.3 Å². The number of hydrogen-bond acceptors (Lipinski definition) is 3. The fraction of sp³-hybridized carbons (Fsp3) is 0.235. The highest BCUT2D eigenvalue weighted by molar-refractivity contribution is 8.14. The second-order valence-electron chi connectivity index (χ2n) is 4.97. The Kier molecular flexibility index (Phi) is 4.84. The second-order valence-corrected chi connectivity index (χ2v) is 6.59. The second kappa shape index (κ2) is 7.01. The molecule has 108 valence electrons. The minimum absolute atomic E-state index is 0.448. The van der Waals surface area contributed by atoms with E-state index >= 15 is 0 Å². The van der Waals surface area contributed by atoms with Gasteiger partial charge in [0.15, 0.2) is 5.17 Å². The summed E-state index contributed by atoms with van der Waals surface area (Å²) in [6.07, 6.45) is 0.979. The lowest BCUT2D eigenvalue weighted by atomic mass is 10.1. The van der Waals surface area contributed by atoms with Crippen molar-refractivity contribution in [3.8, 4) is 0 Å². The van der Waals surface area contributed by atoms with Gasteiger partial charge in [-0.2, -0.15) is 0 Å². The van der Waals surface area contributed by atoms with Crippen molar-refractivity contribution in [1.82, 2.24) is 5.32 Å². The summed E-state index contributed by atoms with van der Waals surface area (Å²) in [5, 5.41) is 5.71. The predicted molar refractivity (Wildman–Crippen MR) is 92.2 cm³/mol. The van der Waals surface area contributed by atoms with E-state index in [0.717, 1.165) is 29.7 Å². The maximum absolute atomic E-state index is 5.89. The van der Waals surface area contributed by atoms with Crippen molar-refractivity contribution in [2.75, 3.05) is 13.1 Å². The third-order valence-electron chi connectivity index (χ3n) is 3.43. The summed E-state index contributed by atoms with van der Waals surface area (Å²) in [7, 11) is 0. The van der Waals surface area contributed by atoms with Crippen LogP contribution in [0.1, 0.15) is 16.4 Å². The monoisotopic (exact) mass is 316 g/mol. The van der Waals surface area contributed by atoms with E-state index in [1.165, 1.54) is 11.1 Å². The van der Waals surface area contributed by atoms with Crippen molar-refractivity contribution < 1.29 is 0 Å². The number of thioether (sulfide) groups is 1. The average Bonchev–Trinajstić information content (AvgIpc) is 2.99. The fourth-order valence-corrected chi connectivity index (χ4v) is 3.45. The first-order chi connectivity index (χ1) is 10.3. The summed E-state index contributed by atoms with van der Waals surface area (Å²) in [6, 6.07) is 18.6. The maximum atomic E-state index is 5.89. The summed E-state index contributed by atoms with van der Waals surface area (Å²) in [5.41, 5.74) is 2.64. The van der Waals surface area contributed by atoms with Crippen molar-refractivity contribution in [1.29, 1.82) is 0 Å². The Morgan fingerprint density at radius 3 is 2.62 bits per heavy atom. The summed E-state index contributed by atoms with van der Waals surface area (Å²) < 4.78 is 0. The molecule has 0 bridgehead atoms. The minimum atomic E-state index is 0.448. The van der Waals surface area contributed by atoms with Gasteiger partial charge in [-0.3, -0.25) is 4.99 Å². The average molecular weight is 317 g/mol. The molecule has 0 aromatic heterocycles. The Hall–Kier alpha value is -1.45. The fourth-order valence-electron chi connectivity index (χ4n) is 2.28. The Morgan fingerprint density at radius 1 is 1.10 bits per heavy atom. The van der Waals surface area contributed by atoms with Crippen LogP contribution in [0.3, 0.4) is 0 Å². The molecular weight excluding hydrogens is 300 g/mol. The molecule has 2 aromatic carbocycles. The molecule has 3 rings (SSSR count). The van der Waals surface area contributed by atoms with Gasteiger partial charge >= 0.3 is 0 Å². The SMILES string of the molecule is Clc1ccc(CCNC2=NCC(c3ccccc3)S2)cc1. The van der Waals surface area contributed by atoms with E-state index in [-0.39, 0.29) is 0 Å². The number of amidine groups is 1. The van der Waals surface area contributed by atoms with Crippen molar-refractivity contribution in [3.05, 3.63) is 70.7 Å². The minimum Gasteiger partial charge on any atom is -0.365 e. The topological polar surface area (TPSA) is 24.4 Å². The van der Waals surface area contributed by atoms with Crippen LogP contribution in [0.15, 0.2) is 59.6 Å². The highest BCUT2D eigenvalue weighted by Crippen LogP contribution is 2.34. The molecule has 2 nitrogen and oxygen atoms in total. The normalized spacial score (nSPS) is 17.6. The van der Waals surface area contributed by atoms with Crippen LogP contribution in [0.25, 0.3) is 0 Å². The Balaban J connectivity index is 1.46. The highest BCUT2D eigenvalue weighted by atomic mass is 35.5. The summed E-state index contributed by atoms with van der Waals surface area (Å²) in [4.78, 5) is 4.59. The van der Waals surface area contributed by atoms with E-state index in [2.05, 4.69) is 52.8 Å². The number of rotatable bonds is 4. The Labute approximate surface area is 134 Å². The molecule has 4 heteroatoms. The lowest BCUT2D eigenvalue weighted by Gasteiger charge is -2.09. The summed E-state index contributed by atoms with van der Waals surface area (Å²) >= 11 is 7.70. The molecule has 0 spiro atoms. The van der Waals surface area contributed by atoms with Gasteiger partial charge in [-0.1, -0.05) is 65.8 Å². The molecular formula is C17H17ClN2S. The number of benzene rings is 2. The van der Waals surface area contributed by atoms with Crippen molar-refractivity contribution in [2.45, 2.75) is 11.7 Å². The standard InChI is InChI=1S/C17H17ClN2S/c18-15-8-6-13(7-9-15)10-11-19-17-20-12-16(21-17)14-4-2-1-3-5-14/h1-9,16H,10-12H2,(H,19,20). The molecule has 21 heavy (non-hydrogen) atoms. The maximum Gasteiger partial charge on any atom is 0.157 e. The van der Waals surface area contributed by atoms with Crippen LogP contribution >= 0.6 is 23.4 Å². The molecule has 1 aliphatic rings. The van der Waals surface area contributed by atoms with Crippen LogP contribution < -0.4 is 5.32 Å². The van der Waals surface area contributed by atoms with Crippen LogP contribution in [0.2, 0.25) is 5.02 Å².